The number of aliphatic carboxylic acids is 1. The van der Waals surface area contributed by atoms with Gasteiger partial charge in [0.05, 0.1) is 20.1 Å². The Balaban J connectivity index is 1.46. The summed E-state index contributed by atoms with van der Waals surface area (Å²) in [7, 11) is 1.67. The molecule has 0 saturated carbocycles. The van der Waals surface area contributed by atoms with Crippen LogP contribution in [0, 0.1) is 6.92 Å². The molecule has 4 rings (SSSR count). The molecule has 0 bridgehead atoms. The summed E-state index contributed by atoms with van der Waals surface area (Å²) in [4.78, 5) is 11.0. The summed E-state index contributed by atoms with van der Waals surface area (Å²) in [5.41, 5.74) is 5.44. The second kappa shape index (κ2) is 8.49. The Hall–Kier alpha value is -3.47. The molecule has 0 fully saturated rings. The van der Waals surface area contributed by atoms with Crippen LogP contribution in [-0.4, -0.2) is 24.8 Å². The lowest BCUT2D eigenvalue weighted by molar-refractivity contribution is -0.137. The molecule has 5 heteroatoms. The Morgan fingerprint density at radius 1 is 1.10 bits per heavy atom. The van der Waals surface area contributed by atoms with Crippen molar-refractivity contribution in [2.24, 2.45) is 0 Å². The summed E-state index contributed by atoms with van der Waals surface area (Å²) >= 11 is 0. The van der Waals surface area contributed by atoms with Gasteiger partial charge in [0.2, 0.25) is 0 Å². The van der Waals surface area contributed by atoms with E-state index in [9.17, 15) is 4.79 Å². The zero-order valence-corrected chi connectivity index (χ0v) is 17.1. The van der Waals surface area contributed by atoms with E-state index >= 15 is 0 Å². The predicted molar refractivity (Wildman–Crippen MR) is 114 cm³/mol. The molecule has 1 N–H and O–H groups in total. The fourth-order valence-corrected chi connectivity index (χ4v) is 3.81. The number of rotatable bonds is 7. The molecule has 154 valence electrons. The van der Waals surface area contributed by atoms with Crippen LogP contribution in [0.4, 0.5) is 0 Å². The van der Waals surface area contributed by atoms with Gasteiger partial charge in [-0.25, -0.2) is 0 Å². The van der Waals surface area contributed by atoms with E-state index < -0.39 is 5.97 Å². The van der Waals surface area contributed by atoms with Crippen molar-refractivity contribution in [2.75, 3.05) is 13.7 Å². The fraction of sp³-hybridized carbons (Fsp3) is 0.240. The monoisotopic (exact) mass is 404 g/mol. The van der Waals surface area contributed by atoms with Gasteiger partial charge in [-0.05, 0) is 53.4 Å². The molecule has 1 unspecified atom stereocenters. The first-order valence-electron chi connectivity index (χ1n) is 9.89. The van der Waals surface area contributed by atoms with Gasteiger partial charge in [0, 0.05) is 17.5 Å². The van der Waals surface area contributed by atoms with Crippen LogP contribution in [-0.2, 0) is 11.4 Å². The van der Waals surface area contributed by atoms with Gasteiger partial charge in [-0.3, -0.25) is 4.79 Å². The fourth-order valence-electron chi connectivity index (χ4n) is 3.81. The Morgan fingerprint density at radius 3 is 2.70 bits per heavy atom. The Bertz CT molecular complexity index is 1070. The lowest BCUT2D eigenvalue weighted by Crippen LogP contribution is -2.07. The van der Waals surface area contributed by atoms with Gasteiger partial charge < -0.3 is 19.3 Å². The summed E-state index contributed by atoms with van der Waals surface area (Å²) in [5, 5.41) is 9.03. The first kappa shape index (κ1) is 19.8. The summed E-state index contributed by atoms with van der Waals surface area (Å²) in [6, 6.07) is 20.0. The maximum absolute atomic E-state index is 11.0. The number of carbonyl (C=O) groups is 1. The minimum atomic E-state index is -0.816. The Kier molecular flexibility index (Phi) is 5.61. The molecular formula is C25H24O5. The maximum atomic E-state index is 11.0. The molecule has 5 nitrogen and oxygen atoms in total. The minimum Gasteiger partial charge on any atom is -0.497 e. The number of benzene rings is 3. The molecular weight excluding hydrogens is 380 g/mol. The summed E-state index contributed by atoms with van der Waals surface area (Å²) in [6.07, 6.45) is 0.0742. The molecule has 1 aliphatic rings. The largest absolute Gasteiger partial charge is 0.497 e. The van der Waals surface area contributed by atoms with Crippen molar-refractivity contribution in [2.45, 2.75) is 25.9 Å². The third-order valence-electron chi connectivity index (χ3n) is 5.36. The smallest absolute Gasteiger partial charge is 0.304 e. The van der Waals surface area contributed by atoms with Gasteiger partial charge in [0.1, 0.15) is 23.9 Å². The molecule has 3 aromatic carbocycles. The number of carboxylic acids is 1. The average molecular weight is 404 g/mol. The van der Waals surface area contributed by atoms with Crippen LogP contribution in [0.25, 0.3) is 11.1 Å². The van der Waals surface area contributed by atoms with E-state index in [0.717, 1.165) is 33.6 Å². The van der Waals surface area contributed by atoms with Crippen molar-refractivity contribution in [1.82, 2.24) is 0 Å². The van der Waals surface area contributed by atoms with E-state index in [2.05, 4.69) is 25.1 Å². The molecule has 0 amide bonds. The van der Waals surface area contributed by atoms with E-state index in [1.165, 1.54) is 0 Å². The maximum Gasteiger partial charge on any atom is 0.304 e. The van der Waals surface area contributed by atoms with Crippen molar-refractivity contribution >= 4 is 5.97 Å². The van der Waals surface area contributed by atoms with Gasteiger partial charge >= 0.3 is 5.97 Å². The van der Waals surface area contributed by atoms with Crippen molar-refractivity contribution in [3.8, 4) is 28.4 Å². The predicted octanol–water partition coefficient (Wildman–Crippen LogP) is 5.20. The number of fused-ring (bicyclic) bond motifs is 1. The number of ether oxygens (including phenoxy) is 3. The van der Waals surface area contributed by atoms with Gasteiger partial charge in [0.15, 0.2) is 0 Å². The van der Waals surface area contributed by atoms with Gasteiger partial charge in [-0.15, -0.1) is 0 Å². The van der Waals surface area contributed by atoms with Crippen molar-refractivity contribution in [3.63, 3.8) is 0 Å². The molecule has 0 aromatic heterocycles. The van der Waals surface area contributed by atoms with E-state index in [0.29, 0.717) is 24.7 Å². The zero-order valence-electron chi connectivity index (χ0n) is 17.1. The Morgan fingerprint density at radius 2 is 1.93 bits per heavy atom. The van der Waals surface area contributed by atoms with E-state index in [4.69, 9.17) is 19.3 Å². The number of methoxy groups -OCH3 is 1. The van der Waals surface area contributed by atoms with Gasteiger partial charge in [-0.2, -0.15) is 0 Å². The van der Waals surface area contributed by atoms with Crippen LogP contribution in [0.15, 0.2) is 60.7 Å². The van der Waals surface area contributed by atoms with Gasteiger partial charge in [0.25, 0.3) is 0 Å². The highest BCUT2D eigenvalue weighted by Crippen LogP contribution is 2.38. The lowest BCUT2D eigenvalue weighted by Gasteiger charge is -2.12. The van der Waals surface area contributed by atoms with Gasteiger partial charge in [-0.1, -0.05) is 30.3 Å². The number of hydrogen-bond donors (Lipinski definition) is 1. The SMILES string of the molecule is COc1ccc(-c2cccc(COc3ccc4c(c3)OCC4CC(=O)O)c2)c(C)c1. The quantitative estimate of drug-likeness (QED) is 0.586. The summed E-state index contributed by atoms with van der Waals surface area (Å²) in [5.74, 6) is 1.34. The Labute approximate surface area is 175 Å². The standard InChI is InChI=1S/C25H24O5/c1-16-10-20(28-2)6-8-22(16)18-5-3-4-17(11-18)14-29-21-7-9-23-19(12-25(26)27)15-30-24(23)13-21/h3-11,13,19H,12,14-15H2,1-2H3,(H,26,27). The van der Waals surface area contributed by atoms with Crippen LogP contribution >= 0.6 is 0 Å². The topological polar surface area (TPSA) is 65.0 Å². The van der Waals surface area contributed by atoms with Crippen LogP contribution in [0.2, 0.25) is 0 Å². The second-order valence-corrected chi connectivity index (χ2v) is 7.48. The molecule has 1 aliphatic heterocycles. The first-order chi connectivity index (χ1) is 14.5. The molecule has 0 radical (unpaired) electrons. The van der Waals surface area contributed by atoms with Crippen molar-refractivity contribution < 1.29 is 24.1 Å². The van der Waals surface area contributed by atoms with Crippen molar-refractivity contribution in [1.29, 1.82) is 0 Å². The van der Waals surface area contributed by atoms with Crippen LogP contribution in [0.3, 0.4) is 0 Å². The normalized spacial score (nSPS) is 14.7. The minimum absolute atomic E-state index is 0.0742. The third-order valence-corrected chi connectivity index (χ3v) is 5.36. The highest BCUT2D eigenvalue weighted by molar-refractivity contribution is 5.69. The van der Waals surface area contributed by atoms with Crippen LogP contribution < -0.4 is 14.2 Å². The molecule has 1 heterocycles. The van der Waals surface area contributed by atoms with Crippen molar-refractivity contribution in [3.05, 3.63) is 77.4 Å². The summed E-state index contributed by atoms with van der Waals surface area (Å²) in [6.45, 7) is 2.90. The second-order valence-electron chi connectivity index (χ2n) is 7.48. The molecule has 1 atom stereocenters. The average Bonchev–Trinajstić information content (AvgIpc) is 3.13. The van der Waals surface area contributed by atoms with E-state index in [1.54, 1.807) is 7.11 Å². The highest BCUT2D eigenvalue weighted by Gasteiger charge is 2.26. The molecule has 30 heavy (non-hydrogen) atoms. The first-order valence-corrected chi connectivity index (χ1v) is 9.89. The molecule has 0 spiro atoms. The molecule has 0 aliphatic carbocycles. The lowest BCUT2D eigenvalue weighted by atomic mass is 9.98. The molecule has 0 saturated heterocycles. The number of aryl methyl sites for hydroxylation is 1. The summed E-state index contributed by atoms with van der Waals surface area (Å²) < 4.78 is 16.9. The van der Waals surface area contributed by atoms with Crippen LogP contribution in [0.5, 0.6) is 17.2 Å². The zero-order chi connectivity index (χ0) is 21.1. The molecule has 3 aromatic rings. The van der Waals surface area contributed by atoms with E-state index in [-0.39, 0.29) is 12.3 Å². The van der Waals surface area contributed by atoms with E-state index in [1.807, 2.05) is 42.5 Å². The van der Waals surface area contributed by atoms with Crippen LogP contribution in [0.1, 0.15) is 29.0 Å². The third kappa shape index (κ3) is 4.25. The number of hydrogen-bond acceptors (Lipinski definition) is 4. The number of carboxylic acid groups (broad SMARTS) is 1. The highest BCUT2D eigenvalue weighted by atomic mass is 16.5.